The number of carboxylic acid groups (broad SMARTS) is 1. The van der Waals surface area contributed by atoms with Gasteiger partial charge in [-0.25, -0.2) is 0 Å². The van der Waals surface area contributed by atoms with Gasteiger partial charge in [0.1, 0.15) is 12.1 Å². The number of guanidine groups is 1. The summed E-state index contributed by atoms with van der Waals surface area (Å²) in [6, 6.07) is -3.28. The molecule has 4 amide bonds. The fraction of sp³-hybridized carbons (Fsp3) is 0.818. The highest BCUT2D eigenvalue weighted by Crippen LogP contribution is 2.13. The minimum Gasteiger partial charge on any atom is -0.481 e. The van der Waals surface area contributed by atoms with E-state index in [0.29, 0.717) is 19.5 Å². The van der Waals surface area contributed by atoms with Crippen molar-refractivity contribution < 1.29 is 29.1 Å². The van der Waals surface area contributed by atoms with Gasteiger partial charge in [-0.2, -0.15) is 0 Å². The van der Waals surface area contributed by atoms with Gasteiger partial charge in [-0.3, -0.25) is 29.0 Å². The molecule has 0 aromatic rings. The van der Waals surface area contributed by atoms with Crippen LogP contribution in [-0.4, -0.2) is 78.4 Å². The summed E-state index contributed by atoms with van der Waals surface area (Å²) in [5.74, 6) is -4.24. The molecule has 0 aliphatic carbocycles. The summed E-state index contributed by atoms with van der Waals surface area (Å²) in [6.45, 7) is 6.02. The number of aliphatic carboxylic acids is 1. The number of unbranched alkanes of at least 4 members (excludes halogenated alkanes) is 13. The molecule has 0 unspecified atom stereocenters. The Bertz CT molecular complexity index is 942. The maximum Gasteiger partial charge on any atom is 0.305 e. The zero-order valence-electron chi connectivity index (χ0n) is 29.1. The van der Waals surface area contributed by atoms with Gasteiger partial charge >= 0.3 is 5.97 Å². The first kappa shape index (κ1) is 43.6. The molecular formula is C33H64N8O6. The summed E-state index contributed by atoms with van der Waals surface area (Å²) in [4.78, 5) is 65.7. The number of nitrogens with zero attached hydrogens (tertiary/aromatic N) is 1. The number of carboxylic acids is 1. The Balaban J connectivity index is 4.50. The van der Waals surface area contributed by atoms with Crippen LogP contribution in [0.4, 0.5) is 0 Å². The van der Waals surface area contributed by atoms with Gasteiger partial charge in [-0.05, 0) is 25.2 Å². The second-order valence-electron chi connectivity index (χ2n) is 12.6. The van der Waals surface area contributed by atoms with Crippen LogP contribution in [0.5, 0.6) is 0 Å². The van der Waals surface area contributed by atoms with Crippen LogP contribution in [0.1, 0.15) is 130 Å². The van der Waals surface area contributed by atoms with Gasteiger partial charge < -0.3 is 43.6 Å². The van der Waals surface area contributed by atoms with Crippen molar-refractivity contribution in [3.8, 4) is 0 Å². The fourth-order valence-electron chi connectivity index (χ4n) is 5.01. The lowest BCUT2D eigenvalue weighted by Gasteiger charge is -2.25. The number of hydrogen-bond donors (Lipinski definition) is 8. The second kappa shape index (κ2) is 27.7. The summed E-state index contributed by atoms with van der Waals surface area (Å²) in [5.41, 5.74) is 16.3. The normalized spacial score (nSPS) is 12.9. The van der Waals surface area contributed by atoms with E-state index in [1.54, 1.807) is 13.8 Å². The fourth-order valence-corrected chi connectivity index (χ4v) is 5.01. The molecule has 14 nitrogen and oxygen atoms in total. The van der Waals surface area contributed by atoms with Gasteiger partial charge in [0.05, 0.1) is 19.0 Å². The predicted octanol–water partition coefficient (Wildman–Crippen LogP) is 2.18. The van der Waals surface area contributed by atoms with Crippen LogP contribution < -0.4 is 38.5 Å². The zero-order chi connectivity index (χ0) is 35.5. The molecule has 0 aliphatic rings. The summed E-state index contributed by atoms with van der Waals surface area (Å²) in [6.07, 6.45) is 17.3. The highest BCUT2D eigenvalue weighted by molar-refractivity contribution is 5.95. The molecule has 11 N–H and O–H groups in total. The number of hydrogen-bond acceptors (Lipinski definition) is 7. The lowest BCUT2D eigenvalue weighted by atomic mass is 10.0. The van der Waals surface area contributed by atoms with E-state index in [2.05, 4.69) is 33.2 Å². The number of carbonyl (C=O) groups is 5. The third kappa shape index (κ3) is 24.4. The van der Waals surface area contributed by atoms with Crippen molar-refractivity contribution >= 4 is 35.6 Å². The molecule has 0 heterocycles. The molecule has 0 aromatic carbocycles. The molecule has 272 valence electrons. The predicted molar refractivity (Wildman–Crippen MR) is 185 cm³/mol. The van der Waals surface area contributed by atoms with Crippen LogP contribution in [0.25, 0.3) is 0 Å². The van der Waals surface area contributed by atoms with Crippen LogP contribution in [-0.2, 0) is 24.0 Å². The molecule has 14 heteroatoms. The maximum absolute atomic E-state index is 13.0. The Labute approximate surface area is 281 Å². The molecule has 0 aliphatic heterocycles. The first-order valence-corrected chi connectivity index (χ1v) is 17.6. The van der Waals surface area contributed by atoms with E-state index in [1.807, 2.05) is 0 Å². The van der Waals surface area contributed by atoms with Crippen molar-refractivity contribution in [2.75, 3.05) is 19.6 Å². The number of nitrogens with two attached hydrogens (primary N) is 3. The standard InChI is InChI=1S/C33H64N8O6/c1-4-5-6-7-8-9-10-11-12-13-14-15-16-17-20-37-32(47)29(24(2)3)41-31(46)26(22-28(43)44)40-27(42)23-39-30(45)25(34)19-18-21-38-33(35)36/h24-26,29H,4-23,34H2,1-3H3,(H,37,47)(H,39,45)(H,40,42)(H,41,46)(H,43,44)(H4,35,36,38)/t25-,26-,29-/m0/s1. The lowest BCUT2D eigenvalue weighted by Crippen LogP contribution is -2.57. The van der Waals surface area contributed by atoms with Gasteiger partial charge in [0.2, 0.25) is 23.6 Å². The van der Waals surface area contributed by atoms with Crippen molar-refractivity contribution in [1.82, 2.24) is 21.3 Å². The largest absolute Gasteiger partial charge is 0.481 e. The Morgan fingerprint density at radius 3 is 1.72 bits per heavy atom. The Hall–Kier alpha value is -3.42. The SMILES string of the molecule is CCCCCCCCCCCCCCCCNC(=O)[C@@H](NC(=O)[C@H](CC(=O)O)NC(=O)CNC(=O)[C@@H](N)CCCN=C(N)N)C(C)C. The second-order valence-corrected chi connectivity index (χ2v) is 12.6. The molecule has 0 aromatic heterocycles. The van der Waals surface area contributed by atoms with Crippen molar-refractivity contribution in [3.63, 3.8) is 0 Å². The van der Waals surface area contributed by atoms with Gasteiger partial charge in [-0.15, -0.1) is 0 Å². The van der Waals surface area contributed by atoms with Gasteiger partial charge in [-0.1, -0.05) is 104 Å². The lowest BCUT2D eigenvalue weighted by molar-refractivity contribution is -0.141. The molecule has 0 bridgehead atoms. The van der Waals surface area contributed by atoms with E-state index in [9.17, 15) is 29.1 Å². The van der Waals surface area contributed by atoms with Crippen molar-refractivity contribution in [1.29, 1.82) is 0 Å². The molecule has 0 saturated heterocycles. The molecule has 47 heavy (non-hydrogen) atoms. The molecule has 0 spiro atoms. The van der Waals surface area contributed by atoms with Crippen LogP contribution in [0.15, 0.2) is 4.99 Å². The summed E-state index contributed by atoms with van der Waals surface area (Å²) in [7, 11) is 0. The third-order valence-corrected chi connectivity index (χ3v) is 7.83. The highest BCUT2D eigenvalue weighted by Gasteiger charge is 2.30. The Morgan fingerprint density at radius 2 is 1.23 bits per heavy atom. The van der Waals surface area contributed by atoms with Crippen molar-refractivity contribution in [3.05, 3.63) is 0 Å². The molecule has 3 atom stereocenters. The molecule has 0 rings (SSSR count). The summed E-state index contributed by atoms with van der Waals surface area (Å²) < 4.78 is 0. The van der Waals surface area contributed by atoms with E-state index in [4.69, 9.17) is 17.2 Å². The first-order valence-electron chi connectivity index (χ1n) is 17.6. The quantitative estimate of drug-likeness (QED) is 0.0330. The maximum atomic E-state index is 13.0. The van der Waals surface area contributed by atoms with Crippen LogP contribution in [0.2, 0.25) is 0 Å². The number of rotatable bonds is 29. The van der Waals surface area contributed by atoms with Crippen LogP contribution in [0, 0.1) is 5.92 Å². The Morgan fingerprint density at radius 1 is 0.702 bits per heavy atom. The number of amides is 4. The van der Waals surface area contributed by atoms with Crippen molar-refractivity contribution in [2.45, 2.75) is 148 Å². The summed E-state index contributed by atoms with van der Waals surface area (Å²) in [5, 5.41) is 19.4. The average Bonchev–Trinajstić information content (AvgIpc) is 3.01. The van der Waals surface area contributed by atoms with Gasteiger partial charge in [0, 0.05) is 13.1 Å². The van der Waals surface area contributed by atoms with Gasteiger partial charge in [0.15, 0.2) is 5.96 Å². The number of aliphatic imine (C=N–C) groups is 1. The highest BCUT2D eigenvalue weighted by atomic mass is 16.4. The zero-order valence-corrected chi connectivity index (χ0v) is 29.1. The smallest absolute Gasteiger partial charge is 0.305 e. The first-order chi connectivity index (χ1) is 22.4. The number of carbonyl (C=O) groups excluding carboxylic acids is 4. The van der Waals surface area contributed by atoms with Crippen LogP contribution in [0.3, 0.4) is 0 Å². The van der Waals surface area contributed by atoms with E-state index < -0.39 is 54.8 Å². The molecular weight excluding hydrogens is 604 g/mol. The summed E-state index contributed by atoms with van der Waals surface area (Å²) >= 11 is 0. The van der Waals surface area contributed by atoms with E-state index in [1.165, 1.54) is 70.6 Å². The molecule has 0 fully saturated rings. The van der Waals surface area contributed by atoms with E-state index in [0.717, 1.165) is 19.3 Å². The monoisotopic (exact) mass is 668 g/mol. The van der Waals surface area contributed by atoms with Crippen LogP contribution >= 0.6 is 0 Å². The third-order valence-electron chi connectivity index (χ3n) is 7.83. The average molecular weight is 669 g/mol. The van der Waals surface area contributed by atoms with Crippen molar-refractivity contribution in [2.24, 2.45) is 28.1 Å². The topological polar surface area (TPSA) is 244 Å². The minimum absolute atomic E-state index is 0.0693. The Kier molecular flexibility index (Phi) is 25.7. The van der Waals surface area contributed by atoms with E-state index >= 15 is 0 Å². The van der Waals surface area contributed by atoms with Gasteiger partial charge in [0.25, 0.3) is 0 Å². The molecule has 0 radical (unpaired) electrons. The van der Waals surface area contributed by atoms with E-state index in [-0.39, 0.29) is 24.2 Å². The number of nitrogens with one attached hydrogen (secondary N) is 4. The minimum atomic E-state index is -1.45. The molecule has 0 saturated carbocycles.